The number of hydrogen-bond acceptors (Lipinski definition) is 6. The van der Waals surface area contributed by atoms with Gasteiger partial charge in [-0.25, -0.2) is 4.79 Å². The van der Waals surface area contributed by atoms with Crippen molar-refractivity contribution in [3.63, 3.8) is 0 Å². The Morgan fingerprint density at radius 2 is 1.67 bits per heavy atom. The Labute approximate surface area is 207 Å². The molecule has 1 heterocycles. The van der Waals surface area contributed by atoms with Crippen LogP contribution in [0.4, 0.5) is 11.4 Å². The number of carbonyl (C=O) groups is 3. The molecule has 0 radical (unpaired) electrons. The number of benzene rings is 3. The smallest absolute Gasteiger partial charge is 0.331 e. The standard InChI is InChI=1S/C28H23N3O5/c1-35-22-14-12-21(13-15-22)30-28(34)23-9-2-3-10-24(23)31-25(32)18-36-26(33)16-11-20-7-4-6-19-8-5-17-29-27(19)20/h2-17H,18H2,1H3,(H,30,34)(H,31,32)/b16-11+. The SMILES string of the molecule is COc1ccc(NC(=O)c2ccccc2NC(=O)COC(=O)/C=C/c2cccc3cccnc23)cc1. The molecule has 3 aromatic carbocycles. The highest BCUT2D eigenvalue weighted by Gasteiger charge is 2.14. The average molecular weight is 482 g/mol. The van der Waals surface area contributed by atoms with E-state index in [0.717, 1.165) is 16.5 Å². The molecular weight excluding hydrogens is 458 g/mol. The fourth-order valence-electron chi connectivity index (χ4n) is 3.45. The number of nitrogens with zero attached hydrogens (tertiary/aromatic N) is 1. The number of methoxy groups -OCH3 is 1. The molecule has 2 N–H and O–H groups in total. The van der Waals surface area contributed by atoms with Gasteiger partial charge in [-0.15, -0.1) is 0 Å². The minimum atomic E-state index is -0.677. The number of anilines is 2. The molecule has 4 aromatic rings. The van der Waals surface area contributed by atoms with Gasteiger partial charge in [0.1, 0.15) is 5.75 Å². The molecule has 0 aliphatic heterocycles. The van der Waals surface area contributed by atoms with Crippen molar-refractivity contribution in [2.45, 2.75) is 0 Å². The molecule has 0 fully saturated rings. The maximum absolute atomic E-state index is 12.8. The summed E-state index contributed by atoms with van der Waals surface area (Å²) in [6.07, 6.45) is 4.51. The Morgan fingerprint density at radius 1 is 0.889 bits per heavy atom. The van der Waals surface area contributed by atoms with Crippen molar-refractivity contribution in [2.24, 2.45) is 0 Å². The molecule has 180 valence electrons. The van der Waals surface area contributed by atoms with E-state index in [1.54, 1.807) is 67.9 Å². The van der Waals surface area contributed by atoms with Gasteiger partial charge in [-0.3, -0.25) is 14.6 Å². The Hall–Kier alpha value is -4.98. The lowest BCUT2D eigenvalue weighted by Crippen LogP contribution is -2.22. The molecule has 0 atom stereocenters. The van der Waals surface area contributed by atoms with Gasteiger partial charge in [0.15, 0.2) is 6.61 Å². The first kappa shape index (κ1) is 24.2. The van der Waals surface area contributed by atoms with E-state index < -0.39 is 24.4 Å². The Bertz CT molecular complexity index is 1430. The van der Waals surface area contributed by atoms with Crippen LogP contribution < -0.4 is 15.4 Å². The molecule has 0 saturated heterocycles. The van der Waals surface area contributed by atoms with E-state index in [9.17, 15) is 14.4 Å². The highest BCUT2D eigenvalue weighted by atomic mass is 16.5. The van der Waals surface area contributed by atoms with E-state index in [4.69, 9.17) is 9.47 Å². The number of amides is 2. The predicted octanol–water partition coefficient (Wildman–Crippen LogP) is 4.69. The van der Waals surface area contributed by atoms with Crippen LogP contribution in [-0.4, -0.2) is 36.5 Å². The van der Waals surface area contributed by atoms with Crippen LogP contribution >= 0.6 is 0 Å². The highest BCUT2D eigenvalue weighted by molar-refractivity contribution is 6.10. The summed E-state index contributed by atoms with van der Waals surface area (Å²) in [5, 5.41) is 6.34. The molecule has 0 aliphatic carbocycles. The van der Waals surface area contributed by atoms with Crippen molar-refractivity contribution >= 4 is 46.1 Å². The Kier molecular flexibility index (Phi) is 7.67. The van der Waals surface area contributed by atoms with Crippen LogP contribution in [0.2, 0.25) is 0 Å². The second-order valence-electron chi connectivity index (χ2n) is 7.64. The number of para-hydroxylation sites is 2. The number of esters is 1. The number of aromatic nitrogens is 1. The van der Waals surface area contributed by atoms with Crippen LogP contribution in [0.25, 0.3) is 17.0 Å². The summed E-state index contributed by atoms with van der Waals surface area (Å²) in [5.41, 5.74) is 2.64. The van der Waals surface area contributed by atoms with Gasteiger partial charge in [0, 0.05) is 28.9 Å². The summed E-state index contributed by atoms with van der Waals surface area (Å²) in [4.78, 5) is 41.6. The predicted molar refractivity (Wildman–Crippen MR) is 138 cm³/mol. The van der Waals surface area contributed by atoms with Crippen molar-refractivity contribution in [3.8, 4) is 5.75 Å². The second kappa shape index (κ2) is 11.4. The van der Waals surface area contributed by atoms with Crippen LogP contribution in [0.1, 0.15) is 15.9 Å². The first-order valence-electron chi connectivity index (χ1n) is 11.1. The Balaban J connectivity index is 1.34. The molecule has 4 rings (SSSR count). The molecule has 1 aromatic heterocycles. The van der Waals surface area contributed by atoms with Gasteiger partial charge in [0.2, 0.25) is 0 Å². The van der Waals surface area contributed by atoms with Crippen LogP contribution in [-0.2, 0) is 14.3 Å². The van der Waals surface area contributed by atoms with Gasteiger partial charge in [0.05, 0.1) is 23.9 Å². The van der Waals surface area contributed by atoms with Crippen molar-refractivity contribution in [1.82, 2.24) is 4.98 Å². The average Bonchev–Trinajstić information content (AvgIpc) is 2.91. The van der Waals surface area contributed by atoms with Gasteiger partial charge in [-0.2, -0.15) is 0 Å². The van der Waals surface area contributed by atoms with Crippen LogP contribution in [0.5, 0.6) is 5.75 Å². The van der Waals surface area contributed by atoms with Crippen molar-refractivity contribution < 1.29 is 23.9 Å². The number of ether oxygens (including phenoxy) is 2. The van der Waals surface area contributed by atoms with Gasteiger partial charge in [-0.1, -0.05) is 36.4 Å². The fourth-order valence-corrected chi connectivity index (χ4v) is 3.45. The summed E-state index contributed by atoms with van der Waals surface area (Å²) in [6.45, 7) is -0.509. The number of carbonyl (C=O) groups excluding carboxylic acids is 3. The summed E-state index contributed by atoms with van der Waals surface area (Å²) in [5.74, 6) is -0.990. The lowest BCUT2D eigenvalue weighted by molar-refractivity contribution is -0.142. The Morgan fingerprint density at radius 3 is 2.47 bits per heavy atom. The quantitative estimate of drug-likeness (QED) is 0.279. The summed E-state index contributed by atoms with van der Waals surface area (Å²) >= 11 is 0. The molecule has 0 bridgehead atoms. The zero-order chi connectivity index (χ0) is 25.3. The van der Waals surface area contributed by atoms with E-state index in [2.05, 4.69) is 15.6 Å². The fraction of sp³-hybridized carbons (Fsp3) is 0.0714. The lowest BCUT2D eigenvalue weighted by atomic mass is 10.1. The molecule has 2 amide bonds. The van der Waals surface area contributed by atoms with E-state index in [1.165, 1.54) is 6.08 Å². The molecule has 8 heteroatoms. The summed E-state index contributed by atoms with van der Waals surface area (Å²) in [6, 6.07) is 22.8. The van der Waals surface area contributed by atoms with Gasteiger partial charge < -0.3 is 20.1 Å². The van der Waals surface area contributed by atoms with Gasteiger partial charge >= 0.3 is 5.97 Å². The lowest BCUT2D eigenvalue weighted by Gasteiger charge is -2.12. The largest absolute Gasteiger partial charge is 0.497 e. The minimum absolute atomic E-state index is 0.261. The number of rotatable bonds is 8. The maximum atomic E-state index is 12.8. The summed E-state index contributed by atoms with van der Waals surface area (Å²) in [7, 11) is 1.56. The van der Waals surface area contributed by atoms with E-state index >= 15 is 0 Å². The zero-order valence-corrected chi connectivity index (χ0v) is 19.4. The molecule has 0 spiro atoms. The molecular formula is C28H23N3O5. The van der Waals surface area contributed by atoms with E-state index in [-0.39, 0.29) is 5.56 Å². The summed E-state index contributed by atoms with van der Waals surface area (Å²) < 4.78 is 10.2. The van der Waals surface area contributed by atoms with Crippen molar-refractivity contribution in [3.05, 3.63) is 102 Å². The number of fused-ring (bicyclic) bond motifs is 1. The number of pyridine rings is 1. The second-order valence-corrected chi connectivity index (χ2v) is 7.64. The molecule has 8 nitrogen and oxygen atoms in total. The first-order chi connectivity index (χ1) is 17.5. The van der Waals surface area contributed by atoms with Crippen LogP contribution in [0.3, 0.4) is 0 Å². The minimum Gasteiger partial charge on any atom is -0.497 e. The third kappa shape index (κ3) is 6.12. The maximum Gasteiger partial charge on any atom is 0.331 e. The van der Waals surface area contributed by atoms with Gasteiger partial charge in [0.25, 0.3) is 11.8 Å². The molecule has 36 heavy (non-hydrogen) atoms. The van der Waals surface area contributed by atoms with Crippen molar-refractivity contribution in [1.29, 1.82) is 0 Å². The first-order valence-corrected chi connectivity index (χ1v) is 11.1. The third-order valence-corrected chi connectivity index (χ3v) is 5.20. The van der Waals surface area contributed by atoms with E-state index in [0.29, 0.717) is 17.1 Å². The molecule has 0 unspecified atom stereocenters. The highest BCUT2D eigenvalue weighted by Crippen LogP contribution is 2.20. The molecule has 0 aliphatic rings. The van der Waals surface area contributed by atoms with Gasteiger partial charge in [-0.05, 0) is 48.5 Å². The monoisotopic (exact) mass is 481 g/mol. The molecule has 0 saturated carbocycles. The topological polar surface area (TPSA) is 107 Å². The normalized spacial score (nSPS) is 10.7. The number of hydrogen-bond donors (Lipinski definition) is 2. The number of nitrogens with one attached hydrogen (secondary N) is 2. The zero-order valence-electron chi connectivity index (χ0n) is 19.4. The van der Waals surface area contributed by atoms with Crippen molar-refractivity contribution in [2.75, 3.05) is 24.4 Å². The van der Waals surface area contributed by atoms with Crippen LogP contribution in [0.15, 0.2) is 91.1 Å². The third-order valence-electron chi connectivity index (χ3n) is 5.20. The van der Waals surface area contributed by atoms with E-state index in [1.807, 2.05) is 30.3 Å². The van der Waals surface area contributed by atoms with Crippen LogP contribution in [0, 0.1) is 0 Å².